The first-order valence-corrected chi connectivity index (χ1v) is 8.18. The lowest BCUT2D eigenvalue weighted by molar-refractivity contribution is 0.109. The first-order valence-electron chi connectivity index (χ1n) is 8.18. The highest BCUT2D eigenvalue weighted by molar-refractivity contribution is 5.35. The maximum absolute atomic E-state index is 2.73. The van der Waals surface area contributed by atoms with E-state index in [1.807, 2.05) is 0 Å². The number of rotatable bonds is 2. The van der Waals surface area contributed by atoms with E-state index in [0.29, 0.717) is 5.92 Å². The molecule has 0 atom stereocenters. The zero-order valence-electron chi connectivity index (χ0n) is 13.2. The fourth-order valence-corrected chi connectivity index (χ4v) is 3.63. The van der Waals surface area contributed by atoms with E-state index in [4.69, 9.17) is 0 Å². The predicted octanol–water partition coefficient (Wildman–Crippen LogP) is 3.26. The monoisotopic (exact) mass is 272 g/mol. The van der Waals surface area contributed by atoms with E-state index < -0.39 is 0 Å². The van der Waals surface area contributed by atoms with Gasteiger partial charge in [-0.3, -0.25) is 4.90 Å². The summed E-state index contributed by atoms with van der Waals surface area (Å²) in [5, 5.41) is 0. The Morgan fingerprint density at radius 1 is 1.05 bits per heavy atom. The minimum atomic E-state index is 0.646. The maximum Gasteiger partial charge on any atom is 0.0239 e. The van der Waals surface area contributed by atoms with Crippen molar-refractivity contribution in [2.75, 3.05) is 26.7 Å². The molecule has 3 rings (SSSR count). The Morgan fingerprint density at radius 2 is 1.80 bits per heavy atom. The standard InChI is InChI=1S/C18H28N2/c1-14(2)15-4-5-17-13-20(11-6-16(17)12-15)18-7-9-19(3)10-8-18/h4-5,12,14,18H,6-11,13H2,1-3H3. The molecule has 0 radical (unpaired) electrons. The summed E-state index contributed by atoms with van der Waals surface area (Å²) < 4.78 is 0. The molecule has 0 aliphatic carbocycles. The number of hydrogen-bond acceptors (Lipinski definition) is 2. The third-order valence-electron chi connectivity index (χ3n) is 5.14. The SMILES string of the molecule is CC(C)c1ccc2c(c1)CCN(C1CCN(C)CC1)C2. The molecule has 1 aromatic rings. The summed E-state index contributed by atoms with van der Waals surface area (Å²) in [6, 6.07) is 7.98. The molecule has 0 N–H and O–H groups in total. The van der Waals surface area contributed by atoms with Gasteiger partial charge < -0.3 is 4.90 Å². The van der Waals surface area contributed by atoms with Crippen molar-refractivity contribution in [2.45, 2.75) is 51.6 Å². The van der Waals surface area contributed by atoms with Gasteiger partial charge in [0, 0.05) is 19.1 Å². The molecule has 2 aliphatic rings. The summed E-state index contributed by atoms with van der Waals surface area (Å²) in [6.07, 6.45) is 3.92. The van der Waals surface area contributed by atoms with Crippen LogP contribution in [-0.2, 0) is 13.0 Å². The Kier molecular flexibility index (Phi) is 4.13. The van der Waals surface area contributed by atoms with Gasteiger partial charge in [0.25, 0.3) is 0 Å². The zero-order chi connectivity index (χ0) is 14.1. The van der Waals surface area contributed by atoms with Crippen molar-refractivity contribution in [2.24, 2.45) is 0 Å². The molecule has 0 spiro atoms. The Bertz CT molecular complexity index is 458. The summed E-state index contributed by atoms with van der Waals surface area (Å²) in [5.41, 5.74) is 4.66. The molecule has 1 saturated heterocycles. The third kappa shape index (κ3) is 2.91. The Morgan fingerprint density at radius 3 is 2.50 bits per heavy atom. The Labute approximate surface area is 123 Å². The lowest BCUT2D eigenvalue weighted by Crippen LogP contribution is -2.45. The minimum Gasteiger partial charge on any atom is -0.306 e. The van der Waals surface area contributed by atoms with E-state index in [2.05, 4.69) is 48.9 Å². The van der Waals surface area contributed by atoms with Gasteiger partial charge in [-0.2, -0.15) is 0 Å². The number of piperidine rings is 1. The minimum absolute atomic E-state index is 0.646. The molecular formula is C18H28N2. The smallest absolute Gasteiger partial charge is 0.0239 e. The van der Waals surface area contributed by atoms with E-state index in [1.165, 1.54) is 51.0 Å². The van der Waals surface area contributed by atoms with E-state index in [0.717, 1.165) is 6.04 Å². The third-order valence-corrected chi connectivity index (χ3v) is 5.14. The number of hydrogen-bond donors (Lipinski definition) is 0. The summed E-state index contributed by atoms with van der Waals surface area (Å²) in [4.78, 5) is 5.19. The van der Waals surface area contributed by atoms with Crippen molar-refractivity contribution in [1.29, 1.82) is 0 Å². The summed E-state index contributed by atoms with van der Waals surface area (Å²) in [7, 11) is 2.25. The van der Waals surface area contributed by atoms with Crippen molar-refractivity contribution in [3.63, 3.8) is 0 Å². The fraction of sp³-hybridized carbons (Fsp3) is 0.667. The van der Waals surface area contributed by atoms with Crippen LogP contribution in [0.15, 0.2) is 18.2 Å². The van der Waals surface area contributed by atoms with Gasteiger partial charge in [0.15, 0.2) is 0 Å². The van der Waals surface area contributed by atoms with Crippen LogP contribution in [-0.4, -0.2) is 42.5 Å². The highest BCUT2D eigenvalue weighted by Gasteiger charge is 2.26. The van der Waals surface area contributed by atoms with Crippen LogP contribution < -0.4 is 0 Å². The quantitative estimate of drug-likeness (QED) is 0.815. The lowest BCUT2D eigenvalue weighted by Gasteiger charge is -2.40. The van der Waals surface area contributed by atoms with Gasteiger partial charge in [0.1, 0.15) is 0 Å². The normalized spacial score (nSPS) is 22.2. The largest absolute Gasteiger partial charge is 0.306 e. The fourth-order valence-electron chi connectivity index (χ4n) is 3.63. The van der Waals surface area contributed by atoms with Crippen molar-refractivity contribution in [3.8, 4) is 0 Å². The van der Waals surface area contributed by atoms with E-state index in [-0.39, 0.29) is 0 Å². The second kappa shape index (κ2) is 5.87. The second-order valence-corrected chi connectivity index (χ2v) is 6.94. The van der Waals surface area contributed by atoms with E-state index in [9.17, 15) is 0 Å². The highest BCUT2D eigenvalue weighted by atomic mass is 15.2. The molecule has 1 fully saturated rings. The molecule has 110 valence electrons. The van der Waals surface area contributed by atoms with Gasteiger partial charge in [-0.25, -0.2) is 0 Å². The van der Waals surface area contributed by atoms with Gasteiger partial charge >= 0.3 is 0 Å². The molecule has 2 heteroatoms. The van der Waals surface area contributed by atoms with Crippen molar-refractivity contribution < 1.29 is 0 Å². The van der Waals surface area contributed by atoms with Gasteiger partial charge in [-0.15, -0.1) is 0 Å². The Hall–Kier alpha value is -0.860. The number of nitrogens with zero attached hydrogens (tertiary/aromatic N) is 2. The molecule has 2 heterocycles. The summed E-state index contributed by atoms with van der Waals surface area (Å²) >= 11 is 0. The van der Waals surface area contributed by atoms with Gasteiger partial charge in [-0.05, 0) is 62.0 Å². The molecule has 0 amide bonds. The zero-order valence-corrected chi connectivity index (χ0v) is 13.2. The average Bonchev–Trinajstić information content (AvgIpc) is 2.47. The lowest BCUT2D eigenvalue weighted by atomic mass is 9.91. The molecule has 0 bridgehead atoms. The molecule has 2 aliphatic heterocycles. The first kappa shape index (κ1) is 14.1. The van der Waals surface area contributed by atoms with Crippen molar-refractivity contribution in [3.05, 3.63) is 34.9 Å². The second-order valence-electron chi connectivity index (χ2n) is 6.94. The van der Waals surface area contributed by atoms with Crippen LogP contribution in [0, 0.1) is 0 Å². The summed E-state index contributed by atoms with van der Waals surface area (Å²) in [5.74, 6) is 0.646. The van der Waals surface area contributed by atoms with Crippen molar-refractivity contribution >= 4 is 0 Å². The van der Waals surface area contributed by atoms with Gasteiger partial charge in [0.2, 0.25) is 0 Å². The average molecular weight is 272 g/mol. The van der Waals surface area contributed by atoms with Gasteiger partial charge in [-0.1, -0.05) is 32.0 Å². The van der Waals surface area contributed by atoms with Crippen LogP contribution in [0.4, 0.5) is 0 Å². The van der Waals surface area contributed by atoms with Gasteiger partial charge in [0.05, 0.1) is 0 Å². The molecule has 1 aromatic carbocycles. The predicted molar refractivity (Wildman–Crippen MR) is 85.2 cm³/mol. The Balaban J connectivity index is 1.69. The van der Waals surface area contributed by atoms with Crippen LogP contribution >= 0.6 is 0 Å². The molecule has 2 nitrogen and oxygen atoms in total. The molecule has 0 saturated carbocycles. The molecule has 0 aromatic heterocycles. The molecule has 20 heavy (non-hydrogen) atoms. The molecular weight excluding hydrogens is 244 g/mol. The van der Waals surface area contributed by atoms with Crippen LogP contribution in [0.1, 0.15) is 49.3 Å². The van der Waals surface area contributed by atoms with E-state index >= 15 is 0 Å². The maximum atomic E-state index is 2.73. The first-order chi connectivity index (χ1) is 9.63. The van der Waals surface area contributed by atoms with Crippen LogP contribution in [0.2, 0.25) is 0 Å². The highest BCUT2D eigenvalue weighted by Crippen LogP contribution is 2.27. The number of benzene rings is 1. The number of fused-ring (bicyclic) bond motifs is 1. The summed E-state index contributed by atoms with van der Waals surface area (Å²) in [6.45, 7) is 9.52. The topological polar surface area (TPSA) is 6.48 Å². The van der Waals surface area contributed by atoms with E-state index in [1.54, 1.807) is 11.1 Å². The molecule has 0 unspecified atom stereocenters. The van der Waals surface area contributed by atoms with Crippen LogP contribution in [0.3, 0.4) is 0 Å². The van der Waals surface area contributed by atoms with Crippen molar-refractivity contribution in [1.82, 2.24) is 9.80 Å². The van der Waals surface area contributed by atoms with Crippen LogP contribution in [0.5, 0.6) is 0 Å². The number of likely N-dealkylation sites (tertiary alicyclic amines) is 1. The van der Waals surface area contributed by atoms with Crippen LogP contribution in [0.25, 0.3) is 0 Å².